The minimum Gasteiger partial charge on any atom is -0.496 e. The van der Waals surface area contributed by atoms with E-state index in [1.54, 1.807) is 7.11 Å². The maximum absolute atomic E-state index is 11.7. The molecule has 0 spiro atoms. The van der Waals surface area contributed by atoms with Crippen molar-refractivity contribution in [2.45, 2.75) is 39.3 Å². The van der Waals surface area contributed by atoms with Crippen molar-refractivity contribution in [1.29, 1.82) is 0 Å². The lowest BCUT2D eigenvalue weighted by Crippen LogP contribution is -2.38. The Morgan fingerprint density at radius 3 is 2.64 bits per heavy atom. The molecule has 0 bridgehead atoms. The van der Waals surface area contributed by atoms with Gasteiger partial charge in [0.25, 0.3) is 0 Å². The molecule has 0 saturated carbocycles. The van der Waals surface area contributed by atoms with E-state index in [9.17, 15) is 9.59 Å². The van der Waals surface area contributed by atoms with Gasteiger partial charge in [0.1, 0.15) is 5.75 Å². The van der Waals surface area contributed by atoms with E-state index in [0.717, 1.165) is 17.7 Å². The minimum absolute atomic E-state index is 0.0561. The summed E-state index contributed by atoms with van der Waals surface area (Å²) in [5.74, 6) is 0.676. The van der Waals surface area contributed by atoms with Crippen LogP contribution >= 0.6 is 0 Å². The Kier molecular flexibility index (Phi) is 7.81. The fourth-order valence-corrected chi connectivity index (χ4v) is 1.83. The molecule has 0 aliphatic heterocycles. The van der Waals surface area contributed by atoms with Crippen molar-refractivity contribution in [3.8, 4) is 5.75 Å². The van der Waals surface area contributed by atoms with Gasteiger partial charge in [-0.3, -0.25) is 4.79 Å². The highest BCUT2D eigenvalue weighted by Gasteiger charge is 2.07. The minimum atomic E-state index is -0.303. The van der Waals surface area contributed by atoms with Gasteiger partial charge >= 0.3 is 6.03 Å². The Bertz CT molecular complexity index is 491. The quantitative estimate of drug-likeness (QED) is 0.685. The molecule has 1 rings (SSSR count). The van der Waals surface area contributed by atoms with E-state index in [0.29, 0.717) is 13.1 Å². The second kappa shape index (κ2) is 9.65. The molecule has 22 heavy (non-hydrogen) atoms. The third-order valence-electron chi connectivity index (χ3n) is 3.29. The summed E-state index contributed by atoms with van der Waals surface area (Å²) >= 11 is 0. The highest BCUT2D eigenvalue weighted by Crippen LogP contribution is 2.16. The number of ether oxygens (including phenoxy) is 1. The highest BCUT2D eigenvalue weighted by atomic mass is 16.5. The maximum Gasteiger partial charge on any atom is 0.315 e. The van der Waals surface area contributed by atoms with Gasteiger partial charge < -0.3 is 20.7 Å². The van der Waals surface area contributed by atoms with Crippen molar-refractivity contribution in [2.24, 2.45) is 0 Å². The van der Waals surface area contributed by atoms with Crippen LogP contribution in [0.25, 0.3) is 0 Å². The Hall–Kier alpha value is -2.24. The molecular weight excluding hydrogens is 282 g/mol. The lowest BCUT2D eigenvalue weighted by molar-refractivity contribution is -0.121. The zero-order valence-electron chi connectivity index (χ0n) is 13.4. The van der Waals surface area contributed by atoms with Crippen LogP contribution in [0.2, 0.25) is 0 Å². The molecule has 1 aromatic carbocycles. The second-order valence-electron chi connectivity index (χ2n) is 5.05. The summed E-state index contributed by atoms with van der Waals surface area (Å²) in [7, 11) is 1.59. The average Bonchev–Trinajstić information content (AvgIpc) is 2.52. The van der Waals surface area contributed by atoms with Crippen molar-refractivity contribution in [1.82, 2.24) is 16.0 Å². The molecule has 3 amide bonds. The van der Waals surface area contributed by atoms with Gasteiger partial charge in [-0.2, -0.15) is 0 Å². The van der Waals surface area contributed by atoms with Crippen molar-refractivity contribution in [3.63, 3.8) is 0 Å². The fourth-order valence-electron chi connectivity index (χ4n) is 1.83. The van der Waals surface area contributed by atoms with Crippen molar-refractivity contribution < 1.29 is 14.3 Å². The van der Waals surface area contributed by atoms with E-state index < -0.39 is 0 Å². The first-order chi connectivity index (χ1) is 10.6. The molecule has 0 saturated heterocycles. The van der Waals surface area contributed by atoms with Gasteiger partial charge in [0, 0.05) is 31.1 Å². The largest absolute Gasteiger partial charge is 0.496 e. The molecule has 3 N–H and O–H groups in total. The van der Waals surface area contributed by atoms with Gasteiger partial charge in [-0.15, -0.1) is 0 Å². The zero-order valence-corrected chi connectivity index (χ0v) is 13.4. The van der Waals surface area contributed by atoms with E-state index in [1.807, 2.05) is 38.1 Å². The fraction of sp³-hybridized carbons (Fsp3) is 0.500. The Morgan fingerprint density at radius 2 is 1.95 bits per heavy atom. The number of benzene rings is 1. The zero-order chi connectivity index (χ0) is 16.4. The molecular formula is C16H25N3O3. The monoisotopic (exact) mass is 307 g/mol. The van der Waals surface area contributed by atoms with Crippen molar-refractivity contribution in [2.75, 3.05) is 13.7 Å². The summed E-state index contributed by atoms with van der Waals surface area (Å²) in [5, 5.41) is 8.25. The first-order valence-electron chi connectivity index (χ1n) is 7.49. The first-order valence-corrected chi connectivity index (χ1v) is 7.49. The summed E-state index contributed by atoms with van der Waals surface area (Å²) in [4.78, 5) is 23.2. The first kappa shape index (κ1) is 17.8. The van der Waals surface area contributed by atoms with Crippen LogP contribution in [0.1, 0.15) is 32.3 Å². The molecule has 0 radical (unpaired) electrons. The number of urea groups is 1. The molecule has 0 aliphatic carbocycles. The number of nitrogens with one attached hydrogen (secondary N) is 3. The maximum atomic E-state index is 11.7. The predicted molar refractivity (Wildman–Crippen MR) is 85.7 cm³/mol. The van der Waals surface area contributed by atoms with Crippen LogP contribution in [0.3, 0.4) is 0 Å². The molecule has 1 aromatic rings. The summed E-state index contributed by atoms with van der Waals surface area (Å²) in [6, 6.07) is 7.34. The van der Waals surface area contributed by atoms with Gasteiger partial charge in [0.2, 0.25) is 5.91 Å². The van der Waals surface area contributed by atoms with Crippen LogP contribution < -0.4 is 20.7 Å². The average molecular weight is 307 g/mol. The molecule has 0 aromatic heterocycles. The SMILES string of the molecule is CC[C@@H](C)NC(=O)CCNC(=O)NCc1ccccc1OC. The van der Waals surface area contributed by atoms with Crippen LogP contribution in [0.4, 0.5) is 4.79 Å². The summed E-state index contributed by atoms with van der Waals surface area (Å²) < 4.78 is 5.21. The molecule has 0 aliphatic rings. The van der Waals surface area contributed by atoms with Crippen LogP contribution in [-0.2, 0) is 11.3 Å². The van der Waals surface area contributed by atoms with Gasteiger partial charge in [-0.1, -0.05) is 25.1 Å². The molecule has 122 valence electrons. The van der Waals surface area contributed by atoms with E-state index in [4.69, 9.17) is 4.74 Å². The Balaban J connectivity index is 2.25. The van der Waals surface area contributed by atoms with Crippen LogP contribution in [0.5, 0.6) is 5.75 Å². The van der Waals surface area contributed by atoms with Crippen LogP contribution in [-0.4, -0.2) is 31.6 Å². The van der Waals surface area contributed by atoms with Crippen molar-refractivity contribution >= 4 is 11.9 Å². The van der Waals surface area contributed by atoms with E-state index in [1.165, 1.54) is 0 Å². The highest BCUT2D eigenvalue weighted by molar-refractivity contribution is 5.78. The number of rotatable bonds is 8. The van der Waals surface area contributed by atoms with Crippen LogP contribution in [0.15, 0.2) is 24.3 Å². The topological polar surface area (TPSA) is 79.5 Å². The number of amides is 3. The number of hydrogen-bond donors (Lipinski definition) is 3. The number of methoxy groups -OCH3 is 1. The molecule has 6 heteroatoms. The smallest absolute Gasteiger partial charge is 0.315 e. The van der Waals surface area contributed by atoms with Gasteiger partial charge in [-0.25, -0.2) is 4.79 Å². The van der Waals surface area contributed by atoms with E-state index in [-0.39, 0.29) is 24.4 Å². The van der Waals surface area contributed by atoms with E-state index >= 15 is 0 Å². The lowest BCUT2D eigenvalue weighted by atomic mass is 10.2. The van der Waals surface area contributed by atoms with Crippen LogP contribution in [0, 0.1) is 0 Å². The number of carbonyl (C=O) groups is 2. The standard InChI is InChI=1S/C16H25N3O3/c1-4-12(2)19-15(20)9-10-17-16(21)18-11-13-7-5-6-8-14(13)22-3/h5-8,12H,4,9-11H2,1-3H3,(H,19,20)(H2,17,18,21)/t12-/m1/s1. The predicted octanol–water partition coefficient (Wildman–Crippen LogP) is 1.80. The normalized spacial score (nSPS) is 11.4. The number of para-hydroxylation sites is 1. The molecule has 0 heterocycles. The number of hydrogen-bond acceptors (Lipinski definition) is 3. The van der Waals surface area contributed by atoms with E-state index in [2.05, 4.69) is 16.0 Å². The second-order valence-corrected chi connectivity index (χ2v) is 5.05. The molecule has 6 nitrogen and oxygen atoms in total. The summed E-state index contributed by atoms with van der Waals surface area (Å²) in [5.41, 5.74) is 0.898. The van der Waals surface area contributed by atoms with Gasteiger partial charge in [0.05, 0.1) is 7.11 Å². The molecule has 1 atom stereocenters. The molecule has 0 unspecified atom stereocenters. The molecule has 0 fully saturated rings. The van der Waals surface area contributed by atoms with Crippen molar-refractivity contribution in [3.05, 3.63) is 29.8 Å². The summed E-state index contributed by atoms with van der Waals surface area (Å²) in [6.07, 6.45) is 1.16. The van der Waals surface area contributed by atoms with Gasteiger partial charge in [0.15, 0.2) is 0 Å². The third kappa shape index (κ3) is 6.47. The summed E-state index contributed by atoms with van der Waals surface area (Å²) in [6.45, 7) is 4.63. The number of carbonyl (C=O) groups excluding carboxylic acids is 2. The Morgan fingerprint density at radius 1 is 1.23 bits per heavy atom. The lowest BCUT2D eigenvalue weighted by Gasteiger charge is -2.12. The third-order valence-corrected chi connectivity index (χ3v) is 3.29. The Labute approximate surface area is 131 Å². The van der Waals surface area contributed by atoms with Gasteiger partial charge in [-0.05, 0) is 19.4 Å².